The summed E-state index contributed by atoms with van der Waals surface area (Å²) in [5, 5.41) is 8.44. The molecule has 0 aliphatic heterocycles. The Morgan fingerprint density at radius 1 is 0.818 bits per heavy atom. The molecule has 0 aromatic rings. The van der Waals surface area contributed by atoms with E-state index in [0.29, 0.717) is 13.0 Å². The van der Waals surface area contributed by atoms with E-state index in [2.05, 4.69) is 0 Å². The molecule has 0 rings (SSSR count). The number of aliphatic carboxylic acids is 1. The lowest BCUT2D eigenvalue weighted by Gasteiger charge is -2.19. The monoisotopic (exact) mass is 324 g/mol. The summed E-state index contributed by atoms with van der Waals surface area (Å²) in [6.07, 6.45) is 1.51. The molecule has 4 nitrogen and oxygen atoms in total. The van der Waals surface area contributed by atoms with Gasteiger partial charge in [-0.1, -0.05) is 43.6 Å². The molecule has 0 aromatic carbocycles. The second-order valence-corrected chi connectivity index (χ2v) is 5.50. The maximum Gasteiger partial charge on any atom is 0.311 e. The summed E-state index contributed by atoms with van der Waals surface area (Å²) in [6.45, 7) is 13.4. The van der Waals surface area contributed by atoms with Gasteiger partial charge in [-0.25, -0.2) is 0 Å². The Labute approximate surface area is 140 Å². The summed E-state index contributed by atoms with van der Waals surface area (Å²) in [4.78, 5) is 21.3. The van der Waals surface area contributed by atoms with E-state index in [9.17, 15) is 9.59 Å². The molecule has 140 valence electrons. The van der Waals surface area contributed by atoms with Crippen LogP contribution in [0.2, 0.25) is 0 Å². The molecule has 0 aromatic heterocycles. The van der Waals surface area contributed by atoms with Crippen molar-refractivity contribution in [2.24, 2.45) is 10.8 Å². The van der Waals surface area contributed by atoms with Crippen molar-refractivity contribution in [1.29, 1.82) is 0 Å². The smallest absolute Gasteiger partial charge is 0.311 e. The molecule has 0 spiro atoms. The molecule has 0 heterocycles. The van der Waals surface area contributed by atoms with Crippen LogP contribution in [0.5, 0.6) is 0 Å². The first-order chi connectivity index (χ1) is 8.05. The van der Waals surface area contributed by atoms with Gasteiger partial charge in [-0.15, -0.1) is 0 Å². The largest absolute Gasteiger partial charge is 0.481 e. The van der Waals surface area contributed by atoms with E-state index in [1.165, 1.54) is 0 Å². The first-order valence-corrected chi connectivity index (χ1v) is 6.45. The fourth-order valence-electron chi connectivity index (χ4n) is 0.622. The van der Waals surface area contributed by atoms with Gasteiger partial charge in [-0.3, -0.25) is 9.59 Å². The molecule has 0 unspecified atom stereocenters. The highest BCUT2D eigenvalue weighted by Gasteiger charge is 2.26. The first kappa shape index (κ1) is 37.3. The number of ether oxygens (including phenoxy) is 1. The number of hydrogen-bond donors (Lipinski definition) is 1. The van der Waals surface area contributed by atoms with Gasteiger partial charge in [0.05, 0.1) is 17.4 Å². The molecule has 22 heavy (non-hydrogen) atoms. The lowest BCUT2D eigenvalue weighted by atomic mass is 9.91. The predicted octanol–water partition coefficient (Wildman–Crippen LogP) is 6.04. The second kappa shape index (κ2) is 16.3. The zero-order valence-electron chi connectivity index (χ0n) is 12.8. The summed E-state index contributed by atoms with van der Waals surface area (Å²) >= 11 is 0. The van der Waals surface area contributed by atoms with Gasteiger partial charge in [0, 0.05) is 0 Å². The Morgan fingerprint density at radius 3 is 1.27 bits per heavy atom. The van der Waals surface area contributed by atoms with E-state index < -0.39 is 11.4 Å². The Bertz CT molecular complexity index is 268. The maximum absolute atomic E-state index is 11.1. The van der Waals surface area contributed by atoms with Crippen molar-refractivity contribution < 1.29 is 19.4 Å². The van der Waals surface area contributed by atoms with Crippen LogP contribution < -0.4 is 0 Å². The van der Waals surface area contributed by atoms with Crippen molar-refractivity contribution in [3.63, 3.8) is 0 Å². The van der Waals surface area contributed by atoms with Crippen LogP contribution in [-0.2, 0) is 14.3 Å². The molecule has 0 fully saturated rings. The molecule has 0 bridgehead atoms. The van der Waals surface area contributed by atoms with Crippen molar-refractivity contribution in [3.8, 4) is 0 Å². The second-order valence-electron chi connectivity index (χ2n) is 5.50. The number of rotatable bonds is 5. The van der Waals surface area contributed by atoms with Gasteiger partial charge >= 0.3 is 11.9 Å². The molecule has 0 radical (unpaired) electrons. The lowest BCUT2D eigenvalue weighted by molar-refractivity contribution is -0.153. The minimum atomic E-state index is -0.722. The molecule has 0 amide bonds. The van der Waals surface area contributed by atoms with Gasteiger partial charge in [-0.2, -0.15) is 0 Å². The minimum absolute atomic E-state index is 0. The van der Waals surface area contributed by atoms with E-state index in [0.717, 1.165) is 6.42 Å². The highest BCUT2D eigenvalue weighted by atomic mass is 16.5. The Kier molecular flexibility index (Phi) is 27.7. The molecular formula is C18H44O4. The minimum Gasteiger partial charge on any atom is -0.481 e. The van der Waals surface area contributed by atoms with Gasteiger partial charge in [0.15, 0.2) is 0 Å². The maximum atomic E-state index is 11.1. The number of carboxylic acids is 1. The highest BCUT2D eigenvalue weighted by molar-refractivity contribution is 5.75. The molecule has 0 aliphatic carbocycles. The van der Waals surface area contributed by atoms with Gasteiger partial charge in [-0.05, 0) is 47.5 Å². The quantitative estimate of drug-likeness (QED) is 0.626. The van der Waals surface area contributed by atoms with Crippen molar-refractivity contribution in [3.05, 3.63) is 0 Å². The summed E-state index contributed by atoms with van der Waals surface area (Å²) in [6, 6.07) is 0. The van der Waals surface area contributed by atoms with Gasteiger partial charge in [0.2, 0.25) is 0 Å². The predicted molar refractivity (Wildman–Crippen MR) is 99.3 cm³/mol. The molecular weight excluding hydrogens is 280 g/mol. The fourth-order valence-corrected chi connectivity index (χ4v) is 0.622. The summed E-state index contributed by atoms with van der Waals surface area (Å²) < 4.78 is 4.86. The first-order valence-electron chi connectivity index (χ1n) is 6.45. The number of carboxylic acid groups (broad SMARTS) is 1. The number of hydrogen-bond acceptors (Lipinski definition) is 3. The molecule has 1 N–H and O–H groups in total. The van der Waals surface area contributed by atoms with Gasteiger partial charge < -0.3 is 9.84 Å². The van der Waals surface area contributed by atoms with Crippen molar-refractivity contribution in [2.45, 2.75) is 91.0 Å². The third-order valence-corrected chi connectivity index (χ3v) is 3.17. The zero-order chi connectivity index (χ0) is 15.0. The topological polar surface area (TPSA) is 63.6 Å². The summed E-state index contributed by atoms with van der Waals surface area (Å²) in [5.41, 5.74) is -0.851. The SMILES string of the molecule is C.C.C.C.CCC(C)(C)C(=O)O.CCOC(=O)C(C)(C)CC. The van der Waals surface area contributed by atoms with Crippen LogP contribution in [0.4, 0.5) is 0 Å². The van der Waals surface area contributed by atoms with Crippen LogP contribution in [0, 0.1) is 10.8 Å². The van der Waals surface area contributed by atoms with E-state index in [-0.39, 0.29) is 41.1 Å². The molecule has 0 atom stereocenters. The van der Waals surface area contributed by atoms with E-state index in [1.807, 2.05) is 34.6 Å². The number of esters is 1. The van der Waals surface area contributed by atoms with Crippen molar-refractivity contribution >= 4 is 11.9 Å². The molecule has 0 aliphatic rings. The number of carbonyl (C=O) groups excluding carboxylic acids is 1. The van der Waals surface area contributed by atoms with Crippen LogP contribution in [0.1, 0.15) is 91.0 Å². The Balaban J connectivity index is -0.0000000500. The van der Waals surface area contributed by atoms with Crippen LogP contribution in [0.15, 0.2) is 0 Å². The molecule has 0 saturated carbocycles. The van der Waals surface area contributed by atoms with E-state index >= 15 is 0 Å². The summed E-state index contributed by atoms with van der Waals surface area (Å²) in [5.74, 6) is -0.822. The zero-order valence-corrected chi connectivity index (χ0v) is 12.8. The third kappa shape index (κ3) is 15.3. The average molecular weight is 325 g/mol. The standard InChI is InChI=1S/C8H16O2.C6H12O2.4CH4/c1-5-8(3,4)7(9)10-6-2;1-4-6(2,3)5(7)8;;;;/h5-6H2,1-4H3;4H2,1-3H3,(H,7,8);4*1H4. The van der Waals surface area contributed by atoms with Crippen LogP contribution >= 0.6 is 0 Å². The Morgan fingerprint density at radius 2 is 1.14 bits per heavy atom. The van der Waals surface area contributed by atoms with E-state index in [4.69, 9.17) is 9.84 Å². The summed E-state index contributed by atoms with van der Waals surface area (Å²) in [7, 11) is 0. The van der Waals surface area contributed by atoms with Crippen LogP contribution in [-0.4, -0.2) is 23.7 Å². The molecule has 4 heteroatoms. The van der Waals surface area contributed by atoms with Crippen molar-refractivity contribution in [2.75, 3.05) is 6.61 Å². The number of carbonyl (C=O) groups is 2. The normalized spacial score (nSPS) is 9.23. The fraction of sp³-hybridized carbons (Fsp3) is 0.889. The average Bonchev–Trinajstić information content (AvgIpc) is 2.30. The van der Waals surface area contributed by atoms with Gasteiger partial charge in [0.25, 0.3) is 0 Å². The third-order valence-electron chi connectivity index (χ3n) is 3.17. The lowest BCUT2D eigenvalue weighted by Crippen LogP contribution is -2.25. The van der Waals surface area contributed by atoms with Crippen LogP contribution in [0.3, 0.4) is 0 Å². The molecule has 0 saturated heterocycles. The van der Waals surface area contributed by atoms with Crippen LogP contribution in [0.25, 0.3) is 0 Å². The van der Waals surface area contributed by atoms with E-state index in [1.54, 1.807) is 13.8 Å². The Hall–Kier alpha value is -1.06. The highest BCUT2D eigenvalue weighted by Crippen LogP contribution is 2.21. The van der Waals surface area contributed by atoms with Crippen molar-refractivity contribution in [1.82, 2.24) is 0 Å². The van der Waals surface area contributed by atoms with Gasteiger partial charge in [0.1, 0.15) is 0 Å².